The average Bonchev–Trinajstić information content (AvgIpc) is 1.79. The molecule has 0 aromatic heterocycles. The number of benzene rings is 1. The van der Waals surface area contributed by atoms with Crippen LogP contribution < -0.4 is 70.4 Å². The molecule has 0 bridgehead atoms. The van der Waals surface area contributed by atoms with Crippen molar-refractivity contribution in [2.75, 3.05) is 19.6 Å². The molecule has 0 spiro atoms. The zero-order valence-corrected chi connectivity index (χ0v) is 53.4. The van der Waals surface area contributed by atoms with Crippen LogP contribution in [-0.4, -0.2) is 211 Å². The van der Waals surface area contributed by atoms with Crippen LogP contribution in [0.15, 0.2) is 24.3 Å². The summed E-state index contributed by atoms with van der Waals surface area (Å²) in [5, 5.41) is 72.4. The summed E-state index contributed by atoms with van der Waals surface area (Å²) in [4.78, 5) is 222. The van der Waals surface area contributed by atoms with Crippen molar-refractivity contribution in [1.29, 1.82) is 0 Å². The van der Waals surface area contributed by atoms with Gasteiger partial charge in [-0.3, -0.25) is 76.7 Å². The Morgan fingerprint density at radius 1 is 0.495 bits per heavy atom. The Balaban J connectivity index is 2.52. The number of nitrogens with zero attached hydrogens (tertiary/aromatic N) is 1. The van der Waals surface area contributed by atoms with E-state index in [1.165, 1.54) is 38.1 Å². The highest BCUT2D eigenvalue weighted by atomic mass is 16.4. The van der Waals surface area contributed by atoms with Crippen LogP contribution in [0.25, 0.3) is 0 Å². The van der Waals surface area contributed by atoms with Crippen molar-refractivity contribution < 1.29 is 107 Å². The Labute approximate surface area is 546 Å². The molecule has 21 N–H and O–H groups in total. The van der Waals surface area contributed by atoms with E-state index in [1.54, 1.807) is 13.8 Å². The van der Waals surface area contributed by atoms with Crippen molar-refractivity contribution >= 4 is 101 Å². The van der Waals surface area contributed by atoms with E-state index >= 15 is 0 Å². The standard InChI is InChI=1S/C59H90N14O22/c1-30(2)26-40(54(89)70-42(28-48(81)82)56(91)67-38(19-22-47(79)80)53(88)66-37(11-6-8-24-64-32(4)75)52(87)72-43(59(94)95)29-49(83)84)71-57(92)44-12-9-25-73(44)58(93)39(18-21-46(62)78)68-55(90)41(27-33-13-15-34(76)16-14-33)69-51(86)36(10-5-7-23-63-31(3)74)65-50(85)35(60)17-20-45(61)77/h13-16,30,35-44,76H,5-12,17-29,60H2,1-4H3,(H2,61,77)(H2,62,78)(H,63,74)(H,64,75)(H,65,85)(H,66,88)(H,67,91)(H,68,90)(H,69,86)(H,70,89)(H,71,92)(H,72,87)(H,79,80)(H,81,82)(H,83,84)(H,94,95)/t35-,36-,37-,38-,39-,40-,41-,42-,43-,44-/m0/s1. The minimum atomic E-state index is -2.07. The van der Waals surface area contributed by atoms with Gasteiger partial charge in [0, 0.05) is 59.2 Å². The monoisotopic (exact) mass is 1350 g/mol. The number of hydrogen-bond donors (Lipinski definition) is 18. The Morgan fingerprint density at radius 2 is 0.916 bits per heavy atom. The molecular formula is C59H90N14O22. The third kappa shape index (κ3) is 31.9. The van der Waals surface area contributed by atoms with Gasteiger partial charge in [0.25, 0.3) is 0 Å². The van der Waals surface area contributed by atoms with Gasteiger partial charge in [0.15, 0.2) is 0 Å². The maximum Gasteiger partial charge on any atom is 0.326 e. The number of amides is 13. The van der Waals surface area contributed by atoms with E-state index in [1.807, 2.05) is 5.32 Å². The van der Waals surface area contributed by atoms with Crippen LogP contribution in [0.2, 0.25) is 0 Å². The highest BCUT2D eigenvalue weighted by Crippen LogP contribution is 2.22. The second-order valence-electron chi connectivity index (χ2n) is 23.2. The summed E-state index contributed by atoms with van der Waals surface area (Å²) in [5.74, 6) is -19.2. The number of phenolic OH excluding ortho intramolecular Hbond substituents is 1. The number of aliphatic carboxylic acids is 4. The highest BCUT2D eigenvalue weighted by Gasteiger charge is 2.41. The Kier molecular flexibility index (Phi) is 35.4. The molecule has 1 fully saturated rings. The van der Waals surface area contributed by atoms with Crippen LogP contribution in [0, 0.1) is 5.92 Å². The van der Waals surface area contributed by atoms with Crippen LogP contribution >= 0.6 is 0 Å². The lowest BCUT2D eigenvalue weighted by atomic mass is 10.0. The number of primary amides is 2. The lowest BCUT2D eigenvalue weighted by molar-refractivity contribution is -0.147. The van der Waals surface area contributed by atoms with Crippen molar-refractivity contribution in [2.24, 2.45) is 23.1 Å². The van der Waals surface area contributed by atoms with Gasteiger partial charge in [-0.15, -0.1) is 0 Å². The molecule has 0 unspecified atom stereocenters. The minimum Gasteiger partial charge on any atom is -0.508 e. The fraction of sp³-hybridized carbons (Fsp3) is 0.610. The molecule has 1 heterocycles. The molecule has 0 radical (unpaired) electrons. The quantitative estimate of drug-likeness (QED) is 0.0273. The number of unbranched alkanes of at least 4 members (excludes halogenated alkanes) is 2. The molecule has 13 amide bonds. The van der Waals surface area contributed by atoms with Crippen molar-refractivity contribution in [3.8, 4) is 5.75 Å². The van der Waals surface area contributed by atoms with Gasteiger partial charge in [0.05, 0.1) is 18.9 Å². The zero-order valence-electron chi connectivity index (χ0n) is 53.4. The van der Waals surface area contributed by atoms with E-state index < -0.39 is 200 Å². The third-order valence-electron chi connectivity index (χ3n) is 14.7. The number of carbonyl (C=O) groups is 17. The normalized spacial score (nSPS) is 15.4. The summed E-state index contributed by atoms with van der Waals surface area (Å²) in [6, 6.07) is -11.1. The van der Waals surface area contributed by atoms with Gasteiger partial charge in [-0.25, -0.2) is 4.79 Å². The topological polar surface area (TPSA) is 593 Å². The van der Waals surface area contributed by atoms with E-state index in [2.05, 4.69) is 47.9 Å². The molecule has 1 aromatic carbocycles. The molecule has 0 saturated carbocycles. The third-order valence-corrected chi connectivity index (χ3v) is 14.7. The van der Waals surface area contributed by atoms with Crippen LogP contribution in [0.3, 0.4) is 0 Å². The lowest BCUT2D eigenvalue weighted by Gasteiger charge is -2.31. The molecule has 1 saturated heterocycles. The van der Waals surface area contributed by atoms with E-state index in [-0.39, 0.29) is 102 Å². The van der Waals surface area contributed by atoms with Crippen LogP contribution in [0.4, 0.5) is 0 Å². The number of hydrogen-bond acceptors (Lipinski definition) is 19. The summed E-state index contributed by atoms with van der Waals surface area (Å²) in [5.41, 5.74) is 17.1. The number of phenols is 1. The average molecular weight is 1350 g/mol. The van der Waals surface area contributed by atoms with Crippen LogP contribution in [-0.2, 0) is 87.9 Å². The second kappa shape index (κ2) is 41.5. The Bertz CT molecular complexity index is 2910. The van der Waals surface area contributed by atoms with Gasteiger partial charge < -0.3 is 101 Å². The number of rotatable bonds is 45. The molecule has 10 atom stereocenters. The molecule has 528 valence electrons. The molecule has 36 heteroatoms. The van der Waals surface area contributed by atoms with E-state index in [4.69, 9.17) is 17.2 Å². The second-order valence-corrected chi connectivity index (χ2v) is 23.2. The van der Waals surface area contributed by atoms with Crippen molar-refractivity contribution in [3.05, 3.63) is 29.8 Å². The maximum absolute atomic E-state index is 14.7. The molecule has 1 aliphatic rings. The molecule has 0 aliphatic carbocycles. The van der Waals surface area contributed by atoms with Crippen LogP contribution in [0.5, 0.6) is 5.75 Å². The summed E-state index contributed by atoms with van der Waals surface area (Å²) >= 11 is 0. The number of carboxylic acids is 4. The zero-order chi connectivity index (χ0) is 71.6. The largest absolute Gasteiger partial charge is 0.508 e. The Morgan fingerprint density at radius 3 is 1.40 bits per heavy atom. The van der Waals surface area contributed by atoms with Gasteiger partial charge in [-0.1, -0.05) is 26.0 Å². The SMILES string of the molecule is CC(=O)NCCCC[C@H](NC(=O)[C@H](CCC(=O)O)NC(=O)[C@H](CC(=O)O)NC(=O)[C@H](CC(C)C)NC(=O)[C@@H]1CCCN1C(=O)[C@H](CCC(N)=O)NC(=O)[C@H](Cc1ccc(O)cc1)NC(=O)[C@H](CCCCNC(C)=O)NC(=O)[C@@H](N)CCC(N)=O)C(=O)N[C@@H](CC(=O)O)C(=O)O. The number of carboxylic acid groups (broad SMARTS) is 4. The molecule has 1 aromatic rings. The number of nitrogens with one attached hydrogen (secondary N) is 10. The fourth-order valence-corrected chi connectivity index (χ4v) is 9.75. The molecule has 36 nitrogen and oxygen atoms in total. The van der Waals surface area contributed by atoms with Crippen molar-refractivity contribution in [1.82, 2.24) is 58.1 Å². The summed E-state index contributed by atoms with van der Waals surface area (Å²) in [6.45, 7) is 5.99. The smallest absolute Gasteiger partial charge is 0.326 e. The fourth-order valence-electron chi connectivity index (χ4n) is 9.75. The predicted octanol–water partition coefficient (Wildman–Crippen LogP) is -4.78. The van der Waals surface area contributed by atoms with E-state index in [9.17, 15) is 107 Å². The van der Waals surface area contributed by atoms with E-state index in [0.717, 1.165) is 4.90 Å². The number of likely N-dealkylation sites (tertiary alicyclic amines) is 1. The number of aromatic hydroxyl groups is 1. The Hall–Kier alpha value is -10.0. The maximum atomic E-state index is 14.7. The highest BCUT2D eigenvalue weighted by molar-refractivity contribution is 6.00. The first-order valence-corrected chi connectivity index (χ1v) is 30.8. The molecule has 95 heavy (non-hydrogen) atoms. The van der Waals surface area contributed by atoms with E-state index in [0.29, 0.717) is 12.0 Å². The van der Waals surface area contributed by atoms with Crippen molar-refractivity contribution in [2.45, 2.75) is 204 Å². The molecule has 1 aliphatic heterocycles. The van der Waals surface area contributed by atoms with Gasteiger partial charge in [0.2, 0.25) is 76.8 Å². The summed E-state index contributed by atoms with van der Waals surface area (Å²) in [7, 11) is 0. The lowest BCUT2D eigenvalue weighted by Crippen LogP contribution is -2.60. The van der Waals surface area contributed by atoms with Gasteiger partial charge in [-0.05, 0) is 101 Å². The molecular weight excluding hydrogens is 1260 g/mol. The van der Waals surface area contributed by atoms with Gasteiger partial charge in [-0.2, -0.15) is 0 Å². The molecule has 2 rings (SSSR count). The summed E-state index contributed by atoms with van der Waals surface area (Å²) in [6.07, 6.45) is -5.06. The number of nitrogens with two attached hydrogens (primary N) is 3. The van der Waals surface area contributed by atoms with Crippen molar-refractivity contribution in [3.63, 3.8) is 0 Å². The minimum absolute atomic E-state index is 0.0420. The predicted molar refractivity (Wildman–Crippen MR) is 330 cm³/mol. The first-order chi connectivity index (χ1) is 44.6. The first kappa shape index (κ1) is 81.1. The number of carbonyl (C=O) groups excluding carboxylic acids is 13. The first-order valence-electron chi connectivity index (χ1n) is 30.8. The van der Waals surface area contributed by atoms with Gasteiger partial charge in [0.1, 0.15) is 60.1 Å². The van der Waals surface area contributed by atoms with Crippen LogP contribution in [0.1, 0.15) is 142 Å². The van der Waals surface area contributed by atoms with Gasteiger partial charge >= 0.3 is 23.9 Å². The summed E-state index contributed by atoms with van der Waals surface area (Å²) < 4.78 is 0.